The first-order valence-corrected chi connectivity index (χ1v) is 21.2. The van der Waals surface area contributed by atoms with E-state index in [4.69, 9.17) is 18.9 Å². The van der Waals surface area contributed by atoms with Crippen LogP contribution in [0.2, 0.25) is 0 Å². The summed E-state index contributed by atoms with van der Waals surface area (Å²) in [6, 6.07) is 0. The van der Waals surface area contributed by atoms with E-state index in [2.05, 4.69) is 0 Å². The van der Waals surface area contributed by atoms with Crippen LogP contribution in [0.4, 0.5) is 0 Å². The number of esters is 2. The fraction of sp³-hybridized carbons (Fsp3) is 0.750. The molecule has 0 aromatic rings. The van der Waals surface area contributed by atoms with Gasteiger partial charge in [-0.1, -0.05) is 62.5 Å². The minimum atomic E-state index is -2.23. The van der Waals surface area contributed by atoms with Crippen LogP contribution in [0.25, 0.3) is 0 Å². The van der Waals surface area contributed by atoms with Crippen LogP contribution in [0.5, 0.6) is 0 Å². The Morgan fingerprint density at radius 1 is 0.500 bits per heavy atom. The molecule has 0 saturated carbocycles. The zero-order chi connectivity index (χ0) is 42.9. The lowest BCUT2D eigenvalue weighted by molar-refractivity contribution is -0.319. The topological polar surface area (TPSA) is 230 Å². The third kappa shape index (κ3) is 16.0. The third-order valence-corrected chi connectivity index (χ3v) is 11.4. The molecular formula is C44H70O14. The van der Waals surface area contributed by atoms with Crippen molar-refractivity contribution in [1.29, 1.82) is 0 Å². The van der Waals surface area contributed by atoms with Crippen molar-refractivity contribution in [3.63, 3.8) is 0 Å². The number of cyclic esters (lactones) is 2. The Hall–Kier alpha value is -2.79. The summed E-state index contributed by atoms with van der Waals surface area (Å²) in [5, 5.41) is 76.1. The number of aliphatic hydroxyl groups excluding tert-OH is 5. The van der Waals surface area contributed by atoms with Gasteiger partial charge in [0.2, 0.25) is 23.8 Å². The smallest absolute Gasteiger partial charge is 0.340 e. The average molecular weight is 823 g/mol. The van der Waals surface area contributed by atoms with Crippen LogP contribution >= 0.6 is 0 Å². The summed E-state index contributed by atoms with van der Waals surface area (Å²) in [4.78, 5) is 38.6. The van der Waals surface area contributed by atoms with Crippen molar-refractivity contribution in [3.8, 4) is 0 Å². The Morgan fingerprint density at radius 2 is 0.914 bits per heavy atom. The number of fused-ring (bicyclic) bond motifs is 4. The van der Waals surface area contributed by atoms with E-state index in [1.807, 2.05) is 42.5 Å². The van der Waals surface area contributed by atoms with Crippen molar-refractivity contribution in [3.05, 3.63) is 48.6 Å². The van der Waals surface area contributed by atoms with Gasteiger partial charge in [0.1, 0.15) is 5.78 Å². The molecule has 3 heterocycles. The zero-order valence-corrected chi connectivity index (χ0v) is 34.8. The molecule has 0 aliphatic carbocycles. The van der Waals surface area contributed by atoms with Gasteiger partial charge in [0.05, 0.1) is 42.7 Å². The van der Waals surface area contributed by atoms with E-state index in [1.54, 1.807) is 33.8 Å². The number of ketones is 1. The van der Waals surface area contributed by atoms with E-state index in [1.165, 1.54) is 0 Å². The standard InChI is InChI=1S/C44H70O14/c1-29-21-23-37-27-35(47)25-33(45)19-15-11-8-6-10-14-18-32(4)56-42(52)40(50)44(54)30(2)22-24-38(58-44)28-36(48)26-34(46)20-16-12-7-5-9-13-17-31(3)55-41(51)39(49)43(29,53)57-37/h5-12,29-35,37-40,45-47,49-50,53-54H,13-28H2,1-4H3. The van der Waals surface area contributed by atoms with Crippen molar-refractivity contribution in [2.45, 2.75) is 197 Å². The number of ether oxygens (including phenoxy) is 4. The monoisotopic (exact) mass is 822 g/mol. The van der Waals surface area contributed by atoms with Crippen LogP contribution in [0.3, 0.4) is 0 Å². The lowest BCUT2D eigenvalue weighted by atomic mass is 9.85. The zero-order valence-electron chi connectivity index (χ0n) is 34.8. The summed E-state index contributed by atoms with van der Waals surface area (Å²) in [6.45, 7) is 6.70. The number of allylic oxidation sites excluding steroid dienone is 8. The maximum absolute atomic E-state index is 12.9. The number of Topliss-reactive ketones (excluding diaryl/α,β-unsaturated/α-hetero) is 1. The van der Waals surface area contributed by atoms with E-state index >= 15 is 0 Å². The predicted molar refractivity (Wildman–Crippen MR) is 215 cm³/mol. The maximum atomic E-state index is 12.9. The Morgan fingerprint density at radius 3 is 1.40 bits per heavy atom. The molecule has 2 saturated heterocycles. The van der Waals surface area contributed by atoms with Gasteiger partial charge in [0.15, 0.2) is 0 Å². The van der Waals surface area contributed by atoms with E-state index in [0.29, 0.717) is 77.0 Å². The van der Waals surface area contributed by atoms with Gasteiger partial charge in [-0.25, -0.2) is 9.59 Å². The lowest BCUT2D eigenvalue weighted by Gasteiger charge is -2.44. The summed E-state index contributed by atoms with van der Waals surface area (Å²) < 4.78 is 22.5. The number of rotatable bonds is 0. The first kappa shape index (κ1) is 49.6. The molecule has 58 heavy (non-hydrogen) atoms. The Kier molecular flexibility index (Phi) is 20.9. The summed E-state index contributed by atoms with van der Waals surface area (Å²) in [5.74, 6) is -7.90. The summed E-state index contributed by atoms with van der Waals surface area (Å²) in [7, 11) is 0. The van der Waals surface area contributed by atoms with Crippen molar-refractivity contribution in [2.24, 2.45) is 11.8 Å². The molecule has 7 N–H and O–H groups in total. The largest absolute Gasteiger partial charge is 0.461 e. The molecule has 14 heteroatoms. The molecule has 0 aromatic carbocycles. The fourth-order valence-electron chi connectivity index (χ4n) is 7.60. The molecule has 0 radical (unpaired) electrons. The molecule has 13 unspecified atom stereocenters. The van der Waals surface area contributed by atoms with E-state index in [9.17, 15) is 50.1 Å². The quantitative estimate of drug-likeness (QED) is 0.170. The normalized spacial score (nSPS) is 39.8. The fourth-order valence-corrected chi connectivity index (χ4v) is 7.60. The molecule has 3 aliphatic heterocycles. The van der Waals surface area contributed by atoms with Gasteiger partial charge in [0.25, 0.3) is 0 Å². The molecule has 0 spiro atoms. The number of aliphatic hydroxyl groups is 7. The van der Waals surface area contributed by atoms with Gasteiger partial charge in [0, 0.05) is 24.7 Å². The first-order valence-electron chi connectivity index (χ1n) is 21.2. The molecule has 0 aromatic heterocycles. The average Bonchev–Trinajstić information content (AvgIpc) is 3.15. The highest BCUT2D eigenvalue weighted by molar-refractivity contribution is 5.79. The first-order chi connectivity index (χ1) is 27.4. The molecule has 3 aliphatic rings. The minimum Gasteiger partial charge on any atom is -0.461 e. The minimum absolute atomic E-state index is 0.0843. The van der Waals surface area contributed by atoms with Crippen molar-refractivity contribution >= 4 is 17.7 Å². The number of carbonyl (C=O) groups excluding carboxylic acids is 3. The molecule has 4 bridgehead atoms. The Labute approximate surface area is 343 Å². The molecular weight excluding hydrogens is 752 g/mol. The van der Waals surface area contributed by atoms with Crippen LogP contribution in [-0.4, -0.2) is 120 Å². The summed E-state index contributed by atoms with van der Waals surface area (Å²) >= 11 is 0. The predicted octanol–water partition coefficient (Wildman–Crippen LogP) is 4.15. The van der Waals surface area contributed by atoms with Crippen molar-refractivity contribution in [1.82, 2.24) is 0 Å². The summed E-state index contributed by atoms with van der Waals surface area (Å²) in [6.07, 6.45) is 11.2. The van der Waals surface area contributed by atoms with Gasteiger partial charge < -0.3 is 54.7 Å². The lowest BCUT2D eigenvalue weighted by Crippen LogP contribution is -2.58. The van der Waals surface area contributed by atoms with E-state index < -0.39 is 90.3 Å². The highest BCUT2D eigenvalue weighted by Crippen LogP contribution is 2.38. The highest BCUT2D eigenvalue weighted by Gasteiger charge is 2.52. The van der Waals surface area contributed by atoms with Crippen molar-refractivity contribution < 1.29 is 69.1 Å². The van der Waals surface area contributed by atoms with Crippen LogP contribution in [0.1, 0.15) is 130 Å². The van der Waals surface area contributed by atoms with Crippen LogP contribution in [0, 0.1) is 11.8 Å². The van der Waals surface area contributed by atoms with E-state index in [0.717, 1.165) is 0 Å². The third-order valence-electron chi connectivity index (χ3n) is 11.4. The maximum Gasteiger partial charge on any atom is 0.340 e. The molecule has 330 valence electrons. The molecule has 0 amide bonds. The second kappa shape index (κ2) is 24.5. The van der Waals surface area contributed by atoms with Crippen LogP contribution in [-0.2, 0) is 33.3 Å². The van der Waals surface area contributed by atoms with E-state index in [-0.39, 0.29) is 31.5 Å². The molecule has 2 fully saturated rings. The van der Waals surface area contributed by atoms with Gasteiger partial charge in [-0.15, -0.1) is 0 Å². The Balaban J connectivity index is 1.62. The van der Waals surface area contributed by atoms with Crippen LogP contribution < -0.4 is 0 Å². The number of hydrogen-bond acceptors (Lipinski definition) is 14. The molecule has 3 rings (SSSR count). The highest BCUT2D eigenvalue weighted by atomic mass is 16.7. The molecule has 13 atom stereocenters. The number of carbonyl (C=O) groups is 3. The molecule has 14 nitrogen and oxygen atoms in total. The summed E-state index contributed by atoms with van der Waals surface area (Å²) in [5.41, 5.74) is 0. The van der Waals surface area contributed by atoms with Gasteiger partial charge >= 0.3 is 11.9 Å². The van der Waals surface area contributed by atoms with Crippen molar-refractivity contribution in [2.75, 3.05) is 0 Å². The second-order valence-corrected chi connectivity index (χ2v) is 16.6. The van der Waals surface area contributed by atoms with Crippen LogP contribution in [0.15, 0.2) is 48.6 Å². The van der Waals surface area contributed by atoms with Gasteiger partial charge in [-0.05, 0) is 104 Å². The SMILES string of the molecule is CC1CCC=CC=CCCC(O)CC(O)CC2CCC(C)C(O)(O2)C(O)C(=O)OC(C)CCC=CC=CCCC(O)CC(=O)CC2CCC(C)C(O)(O2)C(O)C(=O)O1. The second-order valence-electron chi connectivity index (χ2n) is 16.6. The van der Waals surface area contributed by atoms with Gasteiger partial charge in [-0.2, -0.15) is 0 Å². The van der Waals surface area contributed by atoms with Gasteiger partial charge in [-0.3, -0.25) is 4.79 Å². The Bertz CT molecular complexity index is 1400. The number of hydrogen-bond donors (Lipinski definition) is 7.